The maximum Gasteiger partial charge on any atom is 0.336 e. The minimum absolute atomic E-state index is 0.000942. The highest BCUT2D eigenvalue weighted by molar-refractivity contribution is 9.10. The van der Waals surface area contributed by atoms with Crippen LogP contribution >= 0.6 is 27.5 Å². The van der Waals surface area contributed by atoms with E-state index >= 15 is 0 Å². The monoisotopic (exact) mass is 517 g/mol. The van der Waals surface area contributed by atoms with E-state index in [1.54, 1.807) is 17.0 Å². The van der Waals surface area contributed by atoms with E-state index in [0.29, 0.717) is 29.4 Å². The normalized spacial score (nSPS) is 21.2. The standard InChI is InChI=1S/C25H25BrClNO4/c1-16-24(25(30)32-15-17-4-8-19(26)9-5-17)22(18-6-10-20(27)11-7-18)13-23(29)28(16)14-21-3-2-12-31-21/h4-11,21-22H,2-3,12-15H2,1H3/t21-,22+/m1/s1. The molecular formula is C25H25BrClNO4. The van der Waals surface area contributed by atoms with Crippen LogP contribution in [-0.4, -0.2) is 36.0 Å². The Labute approximate surface area is 201 Å². The van der Waals surface area contributed by atoms with Crippen LogP contribution in [0, 0.1) is 0 Å². The summed E-state index contributed by atoms with van der Waals surface area (Å²) in [6.07, 6.45) is 2.11. The molecule has 0 aliphatic carbocycles. The summed E-state index contributed by atoms with van der Waals surface area (Å²) < 4.78 is 12.4. The van der Waals surface area contributed by atoms with E-state index in [-0.39, 0.29) is 31.0 Å². The van der Waals surface area contributed by atoms with Gasteiger partial charge in [-0.05, 0) is 55.2 Å². The van der Waals surface area contributed by atoms with Gasteiger partial charge in [0.25, 0.3) is 0 Å². The van der Waals surface area contributed by atoms with Gasteiger partial charge >= 0.3 is 5.97 Å². The van der Waals surface area contributed by atoms with Crippen LogP contribution < -0.4 is 0 Å². The van der Waals surface area contributed by atoms with E-state index in [0.717, 1.165) is 28.4 Å². The molecule has 5 nitrogen and oxygen atoms in total. The van der Waals surface area contributed by atoms with Crippen molar-refractivity contribution >= 4 is 39.4 Å². The minimum atomic E-state index is -0.407. The summed E-state index contributed by atoms with van der Waals surface area (Å²) in [6, 6.07) is 14.9. The Bertz CT molecular complexity index is 1010. The molecule has 0 saturated carbocycles. The second-order valence-electron chi connectivity index (χ2n) is 8.15. The number of hydrogen-bond donors (Lipinski definition) is 0. The van der Waals surface area contributed by atoms with E-state index in [9.17, 15) is 9.59 Å². The number of rotatable bonds is 6. The Morgan fingerprint density at radius 1 is 1.19 bits per heavy atom. The molecule has 32 heavy (non-hydrogen) atoms. The largest absolute Gasteiger partial charge is 0.457 e. The molecule has 0 radical (unpaired) electrons. The molecule has 0 unspecified atom stereocenters. The number of carbonyl (C=O) groups excluding carboxylic acids is 2. The van der Waals surface area contributed by atoms with Gasteiger partial charge in [0.05, 0.1) is 18.2 Å². The average Bonchev–Trinajstić information content (AvgIpc) is 3.29. The summed E-state index contributed by atoms with van der Waals surface area (Å²) in [5, 5.41) is 0.607. The molecule has 4 rings (SSSR count). The first-order chi connectivity index (χ1) is 15.4. The summed E-state index contributed by atoms with van der Waals surface area (Å²) in [5.74, 6) is -0.796. The third-order valence-corrected chi connectivity index (χ3v) is 6.79. The predicted molar refractivity (Wildman–Crippen MR) is 126 cm³/mol. The molecule has 7 heteroatoms. The van der Waals surface area contributed by atoms with Crippen molar-refractivity contribution in [2.45, 2.75) is 44.8 Å². The van der Waals surface area contributed by atoms with Gasteiger partial charge in [0.2, 0.25) is 5.91 Å². The highest BCUT2D eigenvalue weighted by Crippen LogP contribution is 2.38. The van der Waals surface area contributed by atoms with E-state index in [2.05, 4.69) is 15.9 Å². The van der Waals surface area contributed by atoms with Crippen molar-refractivity contribution in [2.75, 3.05) is 13.2 Å². The molecule has 0 aromatic heterocycles. The van der Waals surface area contributed by atoms with Crippen molar-refractivity contribution in [1.82, 2.24) is 4.90 Å². The molecular weight excluding hydrogens is 494 g/mol. The molecule has 2 aromatic carbocycles. The highest BCUT2D eigenvalue weighted by atomic mass is 79.9. The predicted octanol–water partition coefficient (Wildman–Crippen LogP) is 5.61. The summed E-state index contributed by atoms with van der Waals surface area (Å²) in [7, 11) is 0. The maximum absolute atomic E-state index is 13.3. The molecule has 0 N–H and O–H groups in total. The summed E-state index contributed by atoms with van der Waals surface area (Å²) in [6.45, 7) is 3.16. The molecule has 2 aromatic rings. The molecule has 2 atom stereocenters. The first-order valence-corrected chi connectivity index (χ1v) is 11.9. The lowest BCUT2D eigenvalue weighted by molar-refractivity contribution is -0.141. The molecule has 168 valence electrons. The van der Waals surface area contributed by atoms with Gasteiger partial charge in [0, 0.05) is 34.1 Å². The molecule has 2 heterocycles. The number of allylic oxidation sites excluding steroid dienone is 1. The lowest BCUT2D eigenvalue weighted by Gasteiger charge is -2.35. The molecule has 1 amide bonds. The van der Waals surface area contributed by atoms with Crippen LogP contribution in [0.1, 0.15) is 43.2 Å². The van der Waals surface area contributed by atoms with Gasteiger partial charge in [-0.1, -0.05) is 51.8 Å². The van der Waals surface area contributed by atoms with Crippen LogP contribution in [0.25, 0.3) is 0 Å². The summed E-state index contributed by atoms with van der Waals surface area (Å²) in [4.78, 5) is 28.1. The Morgan fingerprint density at radius 2 is 1.91 bits per heavy atom. The van der Waals surface area contributed by atoms with Gasteiger partial charge in [-0.2, -0.15) is 0 Å². The van der Waals surface area contributed by atoms with Gasteiger partial charge in [0.15, 0.2) is 0 Å². The van der Waals surface area contributed by atoms with Crippen LogP contribution in [0.15, 0.2) is 64.3 Å². The third kappa shape index (κ3) is 5.25. The number of amides is 1. The first-order valence-electron chi connectivity index (χ1n) is 10.7. The highest BCUT2D eigenvalue weighted by Gasteiger charge is 2.38. The van der Waals surface area contributed by atoms with Crippen molar-refractivity contribution in [3.05, 3.63) is 80.4 Å². The van der Waals surface area contributed by atoms with Gasteiger partial charge in [-0.3, -0.25) is 4.79 Å². The number of hydrogen-bond acceptors (Lipinski definition) is 4. The van der Waals surface area contributed by atoms with Crippen LogP contribution in [-0.2, 0) is 25.7 Å². The van der Waals surface area contributed by atoms with E-state index < -0.39 is 5.97 Å². The molecule has 0 spiro atoms. The van der Waals surface area contributed by atoms with Crippen LogP contribution in [0.4, 0.5) is 0 Å². The fraction of sp³-hybridized carbons (Fsp3) is 0.360. The zero-order chi connectivity index (χ0) is 22.7. The SMILES string of the molecule is CC1=C(C(=O)OCc2ccc(Br)cc2)[C@H](c2ccc(Cl)cc2)CC(=O)N1C[C@H]1CCCO1. The lowest BCUT2D eigenvalue weighted by Crippen LogP contribution is -2.42. The molecule has 2 aliphatic heterocycles. The van der Waals surface area contributed by atoms with Gasteiger partial charge < -0.3 is 14.4 Å². The number of nitrogens with zero attached hydrogens (tertiary/aromatic N) is 1. The fourth-order valence-corrected chi connectivity index (χ4v) is 4.67. The second kappa shape index (κ2) is 10.2. The number of esters is 1. The Balaban J connectivity index is 1.62. The van der Waals surface area contributed by atoms with Crippen molar-refractivity contribution < 1.29 is 19.1 Å². The summed E-state index contributed by atoms with van der Waals surface area (Å²) in [5.41, 5.74) is 2.92. The van der Waals surface area contributed by atoms with Gasteiger partial charge in [-0.15, -0.1) is 0 Å². The van der Waals surface area contributed by atoms with Crippen molar-refractivity contribution in [2.24, 2.45) is 0 Å². The van der Waals surface area contributed by atoms with E-state index in [1.165, 1.54) is 0 Å². The number of halogens is 2. The Morgan fingerprint density at radius 3 is 2.56 bits per heavy atom. The van der Waals surface area contributed by atoms with Crippen LogP contribution in [0.5, 0.6) is 0 Å². The zero-order valence-electron chi connectivity index (χ0n) is 17.9. The second-order valence-corrected chi connectivity index (χ2v) is 9.50. The smallest absolute Gasteiger partial charge is 0.336 e. The van der Waals surface area contributed by atoms with Crippen LogP contribution in [0.3, 0.4) is 0 Å². The van der Waals surface area contributed by atoms with Gasteiger partial charge in [-0.25, -0.2) is 4.79 Å². The van der Waals surface area contributed by atoms with Crippen molar-refractivity contribution in [3.8, 4) is 0 Å². The fourth-order valence-electron chi connectivity index (χ4n) is 4.28. The number of ether oxygens (including phenoxy) is 2. The zero-order valence-corrected chi connectivity index (χ0v) is 20.2. The van der Waals surface area contributed by atoms with Crippen molar-refractivity contribution in [3.63, 3.8) is 0 Å². The van der Waals surface area contributed by atoms with E-state index in [1.807, 2.05) is 43.3 Å². The number of benzene rings is 2. The Hall–Kier alpha value is -2.15. The minimum Gasteiger partial charge on any atom is -0.457 e. The summed E-state index contributed by atoms with van der Waals surface area (Å²) >= 11 is 9.47. The molecule has 1 fully saturated rings. The van der Waals surface area contributed by atoms with Crippen molar-refractivity contribution in [1.29, 1.82) is 0 Å². The molecule has 0 bridgehead atoms. The van der Waals surface area contributed by atoms with E-state index in [4.69, 9.17) is 21.1 Å². The Kier molecular flexibility index (Phi) is 7.33. The van der Waals surface area contributed by atoms with Crippen LogP contribution in [0.2, 0.25) is 5.02 Å². The number of carbonyl (C=O) groups is 2. The lowest BCUT2D eigenvalue weighted by atomic mass is 9.83. The maximum atomic E-state index is 13.3. The van der Waals surface area contributed by atoms with Gasteiger partial charge in [0.1, 0.15) is 6.61 Å². The third-order valence-electron chi connectivity index (χ3n) is 6.01. The first kappa shape index (κ1) is 23.0. The molecule has 2 aliphatic rings. The topological polar surface area (TPSA) is 55.8 Å². The molecule has 1 saturated heterocycles. The quantitative estimate of drug-likeness (QED) is 0.466. The average molecular weight is 519 g/mol.